The molecular formula is C17H28N2O2. The van der Waals surface area contributed by atoms with Gasteiger partial charge in [-0.05, 0) is 51.5 Å². The number of likely N-dealkylation sites (N-methyl/N-ethyl adjacent to an activating group) is 1. The van der Waals surface area contributed by atoms with E-state index < -0.39 is 6.10 Å². The molecule has 1 aliphatic heterocycles. The Morgan fingerprint density at radius 2 is 2.14 bits per heavy atom. The number of benzene rings is 1. The highest BCUT2D eigenvalue weighted by Crippen LogP contribution is 2.16. The molecule has 1 aromatic carbocycles. The number of aliphatic hydroxyl groups excluding tert-OH is 1. The van der Waals surface area contributed by atoms with Crippen molar-refractivity contribution >= 4 is 0 Å². The maximum absolute atomic E-state index is 10.1. The third kappa shape index (κ3) is 6.04. The third-order valence-electron chi connectivity index (χ3n) is 4.00. The number of likely N-dealkylation sites (tertiary alicyclic amines) is 1. The van der Waals surface area contributed by atoms with Gasteiger partial charge in [0.05, 0.1) is 0 Å². The first-order valence-corrected chi connectivity index (χ1v) is 7.86. The Bertz CT molecular complexity index is 399. The van der Waals surface area contributed by atoms with Crippen molar-refractivity contribution in [2.24, 2.45) is 5.92 Å². The zero-order chi connectivity index (χ0) is 15.1. The van der Waals surface area contributed by atoms with Crippen LogP contribution in [0.3, 0.4) is 0 Å². The first-order valence-electron chi connectivity index (χ1n) is 7.86. The van der Waals surface area contributed by atoms with Crippen molar-refractivity contribution in [2.75, 3.05) is 46.9 Å². The lowest BCUT2D eigenvalue weighted by atomic mass is 9.98. The molecule has 1 heterocycles. The minimum Gasteiger partial charge on any atom is -0.491 e. The van der Waals surface area contributed by atoms with Crippen molar-refractivity contribution in [3.05, 3.63) is 30.3 Å². The van der Waals surface area contributed by atoms with Gasteiger partial charge in [0.1, 0.15) is 18.5 Å². The van der Waals surface area contributed by atoms with Gasteiger partial charge in [-0.15, -0.1) is 0 Å². The molecule has 0 amide bonds. The van der Waals surface area contributed by atoms with Gasteiger partial charge in [0.15, 0.2) is 0 Å². The van der Waals surface area contributed by atoms with Crippen molar-refractivity contribution in [3.8, 4) is 5.75 Å². The molecule has 0 radical (unpaired) electrons. The minimum atomic E-state index is -0.448. The van der Waals surface area contributed by atoms with E-state index >= 15 is 0 Å². The predicted octanol–water partition coefficient (Wildman–Crippen LogP) is 1.70. The van der Waals surface area contributed by atoms with Gasteiger partial charge in [-0.3, -0.25) is 0 Å². The average molecular weight is 292 g/mol. The van der Waals surface area contributed by atoms with E-state index in [9.17, 15) is 5.11 Å². The summed E-state index contributed by atoms with van der Waals surface area (Å²) in [5, 5.41) is 10.1. The molecule has 21 heavy (non-hydrogen) atoms. The van der Waals surface area contributed by atoms with Crippen molar-refractivity contribution < 1.29 is 9.84 Å². The number of hydrogen-bond donors (Lipinski definition) is 1. The van der Waals surface area contributed by atoms with Crippen LogP contribution in [0.4, 0.5) is 0 Å². The van der Waals surface area contributed by atoms with E-state index in [1.165, 1.54) is 25.9 Å². The normalized spacial score (nSPS) is 21.4. The van der Waals surface area contributed by atoms with Gasteiger partial charge in [-0.2, -0.15) is 0 Å². The van der Waals surface area contributed by atoms with E-state index in [0.29, 0.717) is 13.2 Å². The summed E-state index contributed by atoms with van der Waals surface area (Å²) in [6.07, 6.45) is 2.14. The lowest BCUT2D eigenvalue weighted by Gasteiger charge is -2.32. The number of aliphatic hydroxyl groups is 1. The van der Waals surface area contributed by atoms with Crippen LogP contribution in [0.15, 0.2) is 30.3 Å². The van der Waals surface area contributed by atoms with Crippen LogP contribution in [0.1, 0.15) is 12.8 Å². The second-order valence-electron chi connectivity index (χ2n) is 6.27. The van der Waals surface area contributed by atoms with Gasteiger partial charge < -0.3 is 19.6 Å². The van der Waals surface area contributed by atoms with E-state index in [-0.39, 0.29) is 0 Å². The highest BCUT2D eigenvalue weighted by atomic mass is 16.5. The second-order valence-corrected chi connectivity index (χ2v) is 6.27. The van der Waals surface area contributed by atoms with Crippen LogP contribution in [-0.4, -0.2) is 67.9 Å². The fourth-order valence-corrected chi connectivity index (χ4v) is 3.06. The van der Waals surface area contributed by atoms with Gasteiger partial charge in [-0.1, -0.05) is 18.2 Å². The summed E-state index contributed by atoms with van der Waals surface area (Å²) in [7, 11) is 4.27. The van der Waals surface area contributed by atoms with E-state index in [4.69, 9.17) is 4.74 Å². The van der Waals surface area contributed by atoms with Gasteiger partial charge in [0, 0.05) is 19.6 Å². The van der Waals surface area contributed by atoms with Crippen molar-refractivity contribution in [1.29, 1.82) is 0 Å². The summed E-state index contributed by atoms with van der Waals surface area (Å²) in [4.78, 5) is 4.62. The Kier molecular flexibility index (Phi) is 6.49. The lowest BCUT2D eigenvalue weighted by molar-refractivity contribution is 0.0659. The molecule has 1 aliphatic rings. The minimum absolute atomic E-state index is 0.346. The summed E-state index contributed by atoms with van der Waals surface area (Å²) >= 11 is 0. The molecule has 1 saturated heterocycles. The molecule has 1 fully saturated rings. The van der Waals surface area contributed by atoms with Crippen LogP contribution in [0.2, 0.25) is 0 Å². The quantitative estimate of drug-likeness (QED) is 0.830. The highest BCUT2D eigenvalue weighted by Gasteiger charge is 2.19. The van der Waals surface area contributed by atoms with Crippen molar-refractivity contribution in [1.82, 2.24) is 9.80 Å². The number of nitrogens with zero attached hydrogens (tertiary/aromatic N) is 2. The van der Waals surface area contributed by atoms with E-state index in [1.54, 1.807) is 0 Å². The van der Waals surface area contributed by atoms with Crippen molar-refractivity contribution in [2.45, 2.75) is 18.9 Å². The van der Waals surface area contributed by atoms with Gasteiger partial charge >= 0.3 is 0 Å². The molecule has 2 rings (SSSR count). The molecule has 2 atom stereocenters. The molecule has 118 valence electrons. The first-order chi connectivity index (χ1) is 10.1. The summed E-state index contributed by atoms with van der Waals surface area (Å²) in [5.74, 6) is 1.53. The topological polar surface area (TPSA) is 35.9 Å². The Morgan fingerprint density at radius 1 is 1.38 bits per heavy atom. The van der Waals surface area contributed by atoms with Gasteiger partial charge in [0.2, 0.25) is 0 Å². The molecule has 0 bridgehead atoms. The molecule has 0 saturated carbocycles. The standard InChI is InChI=1S/C17H28N2O2/c1-18-10-6-7-15(11-18)12-19(2)13-16(20)14-21-17-8-4-3-5-9-17/h3-5,8-9,15-16,20H,6-7,10-14H2,1-2H3. The van der Waals surface area contributed by atoms with Crippen LogP contribution in [0.25, 0.3) is 0 Å². The zero-order valence-corrected chi connectivity index (χ0v) is 13.2. The van der Waals surface area contributed by atoms with E-state index in [0.717, 1.165) is 18.2 Å². The van der Waals surface area contributed by atoms with Gasteiger partial charge in [0.25, 0.3) is 0 Å². The Morgan fingerprint density at radius 3 is 2.86 bits per heavy atom. The van der Waals surface area contributed by atoms with Crippen LogP contribution in [0, 0.1) is 5.92 Å². The molecule has 1 N–H and O–H groups in total. The van der Waals surface area contributed by atoms with Gasteiger partial charge in [-0.25, -0.2) is 0 Å². The lowest BCUT2D eigenvalue weighted by Crippen LogP contribution is -2.41. The first kappa shape index (κ1) is 16.3. The number of piperidine rings is 1. The number of ether oxygens (including phenoxy) is 1. The number of hydrogen-bond acceptors (Lipinski definition) is 4. The number of para-hydroxylation sites is 1. The molecule has 1 aromatic rings. The molecule has 0 aliphatic carbocycles. The molecule has 4 heteroatoms. The monoisotopic (exact) mass is 292 g/mol. The summed E-state index contributed by atoms with van der Waals surface area (Å²) in [6, 6.07) is 9.65. The second kappa shape index (κ2) is 8.37. The predicted molar refractivity (Wildman–Crippen MR) is 85.7 cm³/mol. The fourth-order valence-electron chi connectivity index (χ4n) is 3.06. The largest absolute Gasteiger partial charge is 0.491 e. The molecule has 0 spiro atoms. The van der Waals surface area contributed by atoms with Crippen molar-refractivity contribution in [3.63, 3.8) is 0 Å². The molecular weight excluding hydrogens is 264 g/mol. The summed E-state index contributed by atoms with van der Waals surface area (Å²) < 4.78 is 5.59. The summed E-state index contributed by atoms with van der Waals surface area (Å²) in [5.41, 5.74) is 0. The maximum atomic E-state index is 10.1. The van der Waals surface area contributed by atoms with Crippen LogP contribution in [0.5, 0.6) is 5.75 Å². The fraction of sp³-hybridized carbons (Fsp3) is 0.647. The van der Waals surface area contributed by atoms with Crippen LogP contribution in [-0.2, 0) is 0 Å². The average Bonchev–Trinajstić information content (AvgIpc) is 2.46. The van der Waals surface area contributed by atoms with Crippen LogP contribution < -0.4 is 4.74 Å². The summed E-state index contributed by atoms with van der Waals surface area (Å²) in [6.45, 7) is 4.44. The Balaban J connectivity index is 1.65. The Labute approximate surface area is 128 Å². The molecule has 0 aromatic heterocycles. The molecule has 4 nitrogen and oxygen atoms in total. The van der Waals surface area contributed by atoms with E-state index in [2.05, 4.69) is 23.9 Å². The van der Waals surface area contributed by atoms with E-state index in [1.807, 2.05) is 30.3 Å². The number of rotatable bonds is 7. The zero-order valence-electron chi connectivity index (χ0n) is 13.2. The SMILES string of the molecule is CN1CCCC(CN(C)CC(O)COc2ccccc2)C1. The highest BCUT2D eigenvalue weighted by molar-refractivity contribution is 5.20. The maximum Gasteiger partial charge on any atom is 0.119 e. The molecule has 2 unspecified atom stereocenters. The smallest absolute Gasteiger partial charge is 0.119 e. The van der Waals surface area contributed by atoms with Crippen LogP contribution >= 0.6 is 0 Å². The Hall–Kier alpha value is -1.10. The third-order valence-corrected chi connectivity index (χ3v) is 4.00.